The molecule has 2 unspecified atom stereocenters. The summed E-state index contributed by atoms with van der Waals surface area (Å²) in [6.45, 7) is 3.18. The number of rotatable bonds is 3. The fraction of sp³-hybridized carbons (Fsp3) is 0.421. The molecule has 2 bridgehead atoms. The summed E-state index contributed by atoms with van der Waals surface area (Å²) in [5, 5.41) is 1.95. The number of nitrogens with zero attached hydrogens (tertiary/aromatic N) is 3. The zero-order chi connectivity index (χ0) is 18.3. The highest BCUT2D eigenvalue weighted by molar-refractivity contribution is 7.07. The van der Waals surface area contributed by atoms with Crippen LogP contribution in [-0.4, -0.2) is 45.7 Å². The Bertz CT molecular complexity index is 839. The van der Waals surface area contributed by atoms with Gasteiger partial charge in [-0.25, -0.2) is 9.37 Å². The molecule has 5 rings (SSSR count). The lowest BCUT2D eigenvalue weighted by molar-refractivity contribution is -0.140. The maximum atomic E-state index is 13.6. The molecule has 3 aliphatic rings. The highest BCUT2D eigenvalue weighted by Gasteiger charge is 2.42. The second kappa shape index (κ2) is 6.79. The van der Waals surface area contributed by atoms with E-state index in [1.807, 2.05) is 10.3 Å². The highest BCUT2D eigenvalue weighted by Crippen LogP contribution is 2.31. The number of aryl methyl sites for hydroxylation is 1. The smallest absolute Gasteiger partial charge is 0.254 e. The quantitative estimate of drug-likeness (QED) is 0.831. The van der Waals surface area contributed by atoms with Crippen molar-refractivity contribution in [3.63, 3.8) is 0 Å². The van der Waals surface area contributed by atoms with Crippen LogP contribution < -0.4 is 0 Å². The summed E-state index contributed by atoms with van der Waals surface area (Å²) < 4.78 is 13.6. The lowest BCUT2D eigenvalue weighted by atomic mass is 9.94. The molecule has 0 aliphatic carbocycles. The number of halogens is 1. The van der Waals surface area contributed by atoms with Crippen molar-refractivity contribution in [3.8, 4) is 0 Å². The summed E-state index contributed by atoms with van der Waals surface area (Å²) >= 11 is 1.51. The molecule has 3 saturated heterocycles. The normalized spacial score (nSPS) is 22.6. The molecule has 3 aliphatic heterocycles. The van der Waals surface area contributed by atoms with Gasteiger partial charge < -0.3 is 9.80 Å². The molecule has 7 heteroatoms. The van der Waals surface area contributed by atoms with Crippen LogP contribution in [0.3, 0.4) is 0 Å². The number of benzene rings is 1. The van der Waals surface area contributed by atoms with Crippen molar-refractivity contribution >= 4 is 23.2 Å². The molecule has 2 aromatic rings. The molecule has 2 amide bonds. The van der Waals surface area contributed by atoms with Gasteiger partial charge in [-0.2, -0.15) is 0 Å². The van der Waals surface area contributed by atoms with Crippen LogP contribution in [0.1, 0.15) is 34.5 Å². The predicted octanol–water partition coefficient (Wildman–Crippen LogP) is 2.85. The third-order valence-electron chi connectivity index (χ3n) is 5.33. The van der Waals surface area contributed by atoms with E-state index in [1.54, 1.807) is 23.4 Å². The van der Waals surface area contributed by atoms with Crippen molar-refractivity contribution in [2.75, 3.05) is 13.1 Å². The van der Waals surface area contributed by atoms with Gasteiger partial charge in [-0.3, -0.25) is 9.59 Å². The molecule has 26 heavy (non-hydrogen) atoms. The number of piperidine rings is 1. The van der Waals surface area contributed by atoms with Crippen LogP contribution >= 0.6 is 11.3 Å². The van der Waals surface area contributed by atoms with E-state index in [0.29, 0.717) is 25.2 Å². The summed E-state index contributed by atoms with van der Waals surface area (Å²) in [6.07, 6.45) is 1.68. The van der Waals surface area contributed by atoms with E-state index in [1.165, 1.54) is 23.5 Å². The lowest BCUT2D eigenvalue weighted by Gasteiger charge is -2.35. The Balaban J connectivity index is 1.58. The van der Waals surface area contributed by atoms with Crippen LogP contribution in [-0.2, 0) is 11.3 Å². The highest BCUT2D eigenvalue weighted by atomic mass is 32.1. The van der Waals surface area contributed by atoms with Crippen molar-refractivity contribution in [3.05, 3.63) is 51.7 Å². The largest absolute Gasteiger partial charge is 0.336 e. The Kier molecular flexibility index (Phi) is 4.48. The van der Waals surface area contributed by atoms with E-state index < -0.39 is 5.82 Å². The molecule has 5 nitrogen and oxygen atoms in total. The predicted molar refractivity (Wildman–Crippen MR) is 96.2 cm³/mol. The third kappa shape index (κ3) is 3.11. The van der Waals surface area contributed by atoms with E-state index in [0.717, 1.165) is 24.1 Å². The van der Waals surface area contributed by atoms with Gasteiger partial charge in [0.15, 0.2) is 0 Å². The zero-order valence-corrected chi connectivity index (χ0v) is 15.3. The molecule has 4 heterocycles. The number of hydrogen-bond acceptors (Lipinski definition) is 4. The van der Waals surface area contributed by atoms with Crippen LogP contribution in [0, 0.1) is 18.7 Å². The minimum atomic E-state index is -0.419. The van der Waals surface area contributed by atoms with Gasteiger partial charge in [0.05, 0.1) is 23.7 Å². The maximum absolute atomic E-state index is 13.6. The second-order valence-electron chi connectivity index (χ2n) is 7.04. The number of aromatic nitrogens is 1. The Morgan fingerprint density at radius 1 is 1.35 bits per heavy atom. The maximum Gasteiger partial charge on any atom is 0.254 e. The van der Waals surface area contributed by atoms with Crippen LogP contribution in [0.2, 0.25) is 0 Å². The first kappa shape index (κ1) is 17.1. The van der Waals surface area contributed by atoms with Gasteiger partial charge >= 0.3 is 0 Å². The van der Waals surface area contributed by atoms with E-state index in [-0.39, 0.29) is 23.8 Å². The van der Waals surface area contributed by atoms with Crippen LogP contribution in [0.25, 0.3) is 0 Å². The van der Waals surface area contributed by atoms with Crippen molar-refractivity contribution in [2.45, 2.75) is 32.4 Å². The lowest BCUT2D eigenvalue weighted by Crippen LogP contribution is -2.47. The van der Waals surface area contributed by atoms with Crippen molar-refractivity contribution < 1.29 is 14.0 Å². The Hall–Kier alpha value is -2.28. The summed E-state index contributed by atoms with van der Waals surface area (Å²) in [5.74, 6) is -0.703. The SMILES string of the molecule is Cc1ccc(F)cc1C(=O)N1CC2CCC(C1)N(Cc1cscn1)C2=O. The molecule has 2 atom stereocenters. The summed E-state index contributed by atoms with van der Waals surface area (Å²) in [6, 6.07) is 4.26. The first-order chi connectivity index (χ1) is 12.5. The van der Waals surface area contributed by atoms with Gasteiger partial charge in [-0.15, -0.1) is 11.3 Å². The van der Waals surface area contributed by atoms with Gasteiger partial charge in [0.25, 0.3) is 5.91 Å². The van der Waals surface area contributed by atoms with E-state index >= 15 is 0 Å². The molecule has 3 fully saturated rings. The monoisotopic (exact) mass is 373 g/mol. The first-order valence-electron chi connectivity index (χ1n) is 8.76. The Morgan fingerprint density at radius 2 is 2.19 bits per heavy atom. The minimum absolute atomic E-state index is 0.0132. The molecule has 0 spiro atoms. The molecular formula is C19H20FN3O2S. The average molecular weight is 373 g/mol. The molecule has 0 radical (unpaired) electrons. The van der Waals surface area contributed by atoms with Gasteiger partial charge in [0.2, 0.25) is 5.91 Å². The minimum Gasteiger partial charge on any atom is -0.336 e. The van der Waals surface area contributed by atoms with Crippen molar-refractivity contribution in [2.24, 2.45) is 5.92 Å². The summed E-state index contributed by atoms with van der Waals surface area (Å²) in [7, 11) is 0. The van der Waals surface area contributed by atoms with Crippen molar-refractivity contribution in [1.82, 2.24) is 14.8 Å². The van der Waals surface area contributed by atoms with E-state index in [2.05, 4.69) is 4.98 Å². The third-order valence-corrected chi connectivity index (χ3v) is 5.96. The van der Waals surface area contributed by atoms with E-state index in [9.17, 15) is 14.0 Å². The van der Waals surface area contributed by atoms with Crippen LogP contribution in [0.5, 0.6) is 0 Å². The average Bonchev–Trinajstić information content (AvgIpc) is 2.99. The standard InChI is InChI=1S/C19H20FN3O2S/c1-12-2-4-14(20)6-17(12)19(25)22-7-13-3-5-16(9-22)23(18(13)24)8-15-10-26-11-21-15/h2,4,6,10-11,13,16H,3,5,7-9H2,1H3. The molecule has 0 saturated carbocycles. The number of thiazole rings is 1. The van der Waals surface area contributed by atoms with Crippen molar-refractivity contribution in [1.29, 1.82) is 0 Å². The number of carbonyl (C=O) groups excluding carboxylic acids is 2. The second-order valence-corrected chi connectivity index (χ2v) is 7.76. The number of fused-ring (bicyclic) bond motifs is 4. The molecule has 0 N–H and O–H groups in total. The zero-order valence-electron chi connectivity index (χ0n) is 14.5. The van der Waals surface area contributed by atoms with E-state index in [4.69, 9.17) is 0 Å². The fourth-order valence-electron chi connectivity index (χ4n) is 3.90. The summed E-state index contributed by atoms with van der Waals surface area (Å²) in [5.41, 5.74) is 3.77. The Morgan fingerprint density at radius 3 is 2.96 bits per heavy atom. The van der Waals surface area contributed by atoms with Gasteiger partial charge in [-0.1, -0.05) is 6.07 Å². The topological polar surface area (TPSA) is 53.5 Å². The van der Waals surface area contributed by atoms with Crippen LogP contribution in [0.15, 0.2) is 29.1 Å². The first-order valence-corrected chi connectivity index (χ1v) is 9.70. The molecule has 1 aromatic carbocycles. The van der Waals surface area contributed by atoms with Crippen LogP contribution in [0.4, 0.5) is 4.39 Å². The number of amides is 2. The fourth-order valence-corrected chi connectivity index (χ4v) is 4.45. The summed E-state index contributed by atoms with van der Waals surface area (Å²) in [4.78, 5) is 33.7. The van der Waals surface area contributed by atoms with Gasteiger partial charge in [0, 0.05) is 30.1 Å². The molecule has 1 aromatic heterocycles. The van der Waals surface area contributed by atoms with Gasteiger partial charge in [0.1, 0.15) is 5.82 Å². The molecule has 136 valence electrons. The number of carbonyl (C=O) groups is 2. The number of hydrogen-bond donors (Lipinski definition) is 0. The molecular weight excluding hydrogens is 353 g/mol. The Labute approximate surface area is 155 Å². The van der Waals surface area contributed by atoms with Gasteiger partial charge in [-0.05, 0) is 37.5 Å².